The van der Waals surface area contributed by atoms with E-state index in [1.54, 1.807) is 21.6 Å². The second-order valence-electron chi connectivity index (χ2n) is 25.5. The Balaban J connectivity index is 0.00000757. The van der Waals surface area contributed by atoms with Crippen LogP contribution < -0.4 is 44.6 Å². The van der Waals surface area contributed by atoms with E-state index in [9.17, 15) is 19.2 Å². The molecule has 0 saturated heterocycles. The highest BCUT2D eigenvalue weighted by molar-refractivity contribution is 8.76. The van der Waals surface area contributed by atoms with Crippen molar-refractivity contribution >= 4 is 78.1 Å². The van der Waals surface area contributed by atoms with E-state index in [4.69, 9.17) is 0 Å². The van der Waals surface area contributed by atoms with E-state index < -0.39 is 0 Å². The minimum absolute atomic E-state index is 0. The van der Waals surface area contributed by atoms with Crippen LogP contribution in [0.2, 0.25) is 0 Å². The summed E-state index contributed by atoms with van der Waals surface area (Å²) in [5.74, 6) is -0.0134. The van der Waals surface area contributed by atoms with Crippen molar-refractivity contribution in [1.29, 1.82) is 0 Å². The molecule has 470 valence electrons. The number of amides is 4. The van der Waals surface area contributed by atoms with Crippen molar-refractivity contribution in [2.24, 2.45) is 0 Å². The number of hydrogen-bond donors (Lipinski definition) is 2. The fourth-order valence-electron chi connectivity index (χ4n) is 12.5. The molecular weight excluding hydrogens is 1210 g/mol. The Bertz CT molecular complexity index is 2380. The van der Waals surface area contributed by atoms with Crippen LogP contribution in [0.3, 0.4) is 0 Å². The normalized spacial score (nSPS) is 13.3. The van der Waals surface area contributed by atoms with Gasteiger partial charge in [-0.25, -0.2) is 0 Å². The summed E-state index contributed by atoms with van der Waals surface area (Å²) >= 11 is 0. The van der Waals surface area contributed by atoms with Crippen LogP contribution in [0.25, 0.3) is 21.5 Å². The Morgan fingerprint density at radius 2 is 0.631 bits per heavy atom. The Morgan fingerprint density at radius 3 is 0.940 bits per heavy atom. The first kappa shape index (κ1) is 73.3. The molecule has 2 aliphatic heterocycles. The second-order valence-corrected chi connectivity index (χ2v) is 28.2. The Hall–Kier alpha value is -3.14. The summed E-state index contributed by atoms with van der Waals surface area (Å²) in [6, 6.07) is 19.3. The van der Waals surface area contributed by atoms with Gasteiger partial charge in [0.15, 0.2) is 0 Å². The highest BCUT2D eigenvalue weighted by Gasteiger charge is 2.35. The quantitative estimate of drug-likeness (QED) is 0.0195. The number of carbonyl (C=O) groups excluding carboxylic acids is 4. The average molecular weight is 1320 g/mol. The van der Waals surface area contributed by atoms with Crippen molar-refractivity contribution in [3.63, 3.8) is 0 Å². The summed E-state index contributed by atoms with van der Waals surface area (Å²) in [6.45, 7) is 11.3. The van der Waals surface area contributed by atoms with Gasteiger partial charge in [0, 0.05) is 106 Å². The van der Waals surface area contributed by atoms with E-state index in [0.717, 1.165) is 80.9 Å². The molecule has 0 bridgehead atoms. The van der Waals surface area contributed by atoms with Gasteiger partial charge in [-0.1, -0.05) is 214 Å². The predicted molar refractivity (Wildman–Crippen MR) is 354 cm³/mol. The monoisotopic (exact) mass is 1320 g/mol. The number of quaternary nitrogens is 2. The number of hydrogen-bond acceptors (Lipinski definition) is 8. The molecule has 4 aromatic rings. The lowest BCUT2D eigenvalue weighted by molar-refractivity contribution is -0.890. The molecule has 0 aromatic heterocycles. The van der Waals surface area contributed by atoms with Gasteiger partial charge in [-0.05, 0) is 62.1 Å². The lowest BCUT2D eigenvalue weighted by atomic mass is 9.93. The van der Waals surface area contributed by atoms with Gasteiger partial charge in [-0.2, -0.15) is 0 Å². The molecule has 0 spiro atoms. The van der Waals surface area contributed by atoms with E-state index in [2.05, 4.69) is 52.7 Å². The van der Waals surface area contributed by atoms with E-state index >= 15 is 0 Å². The standard InChI is InChI=1S/C70H108N6O4S2.2BrH/c1-7-9-11-13-15-17-19-21-23-25-27-29-31-33-51-75(3,4)53-37-47-71-63-45-43-61-65-57(63)39-35-41-59(65)67(77)73(69(61)79)49-55-81-82-56-50-74-68(78)60-42-36-40-58-64(46-44-62(66(58)60)70(74)80)72-48-38-54-76(5,6)52-34-32-30-28-26-24-22-20-18-16-14-12-10-8-2;;/h35-36,39-46H,7-34,37-38,47-56H2,1-6H3;2*1H. The number of imide groups is 2. The molecule has 2 aliphatic rings. The van der Waals surface area contributed by atoms with Gasteiger partial charge in [-0.3, -0.25) is 29.0 Å². The average Bonchev–Trinajstić information content (AvgIpc) is 1.85. The van der Waals surface area contributed by atoms with Crippen molar-refractivity contribution in [1.82, 2.24) is 9.80 Å². The van der Waals surface area contributed by atoms with Crippen molar-refractivity contribution in [3.05, 3.63) is 82.9 Å². The first-order valence-corrected chi connectivity index (χ1v) is 35.6. The van der Waals surface area contributed by atoms with Crippen LogP contribution >= 0.6 is 21.6 Å². The molecule has 0 atom stereocenters. The molecule has 14 heteroatoms. The van der Waals surface area contributed by atoms with Gasteiger partial charge in [0.05, 0.1) is 54.4 Å². The lowest BCUT2D eigenvalue weighted by Gasteiger charge is -2.30. The van der Waals surface area contributed by atoms with Crippen LogP contribution in [0, 0.1) is 0 Å². The molecule has 0 fully saturated rings. The van der Waals surface area contributed by atoms with Gasteiger partial charge in [-0.15, -0.1) is 0 Å². The van der Waals surface area contributed by atoms with Crippen molar-refractivity contribution in [2.75, 3.05) is 103 Å². The van der Waals surface area contributed by atoms with Crippen LogP contribution in [0.1, 0.15) is 248 Å². The Morgan fingerprint density at radius 1 is 0.357 bits per heavy atom. The summed E-state index contributed by atoms with van der Waals surface area (Å²) in [6.07, 6.45) is 40.8. The number of nitrogens with one attached hydrogen (secondary N) is 2. The summed E-state index contributed by atoms with van der Waals surface area (Å²) in [4.78, 5) is 58.4. The molecule has 2 heterocycles. The maximum absolute atomic E-state index is 13.9. The third kappa shape index (κ3) is 23.8. The zero-order valence-corrected chi connectivity index (χ0v) is 57.9. The van der Waals surface area contributed by atoms with E-state index in [0.29, 0.717) is 33.8 Å². The van der Waals surface area contributed by atoms with Gasteiger partial charge < -0.3 is 53.6 Å². The van der Waals surface area contributed by atoms with Gasteiger partial charge >= 0.3 is 0 Å². The fraction of sp³-hybridized carbons (Fsp3) is 0.657. The smallest absolute Gasteiger partial charge is 0.261 e. The first-order valence-electron chi connectivity index (χ1n) is 33.1. The predicted octanol–water partition coefficient (Wildman–Crippen LogP) is 12.0. The molecule has 4 amide bonds. The molecule has 10 nitrogen and oxygen atoms in total. The maximum atomic E-state index is 13.9. The number of carbonyl (C=O) groups is 4. The first-order chi connectivity index (χ1) is 39.9. The zero-order valence-electron chi connectivity index (χ0n) is 53.1. The highest BCUT2D eigenvalue weighted by atomic mass is 79.9. The molecule has 6 rings (SSSR count). The number of benzene rings is 4. The number of halogens is 2. The molecule has 0 unspecified atom stereocenters. The molecule has 4 aromatic carbocycles. The minimum atomic E-state index is -0.266. The molecule has 0 radical (unpaired) electrons. The largest absolute Gasteiger partial charge is 1.00 e. The maximum Gasteiger partial charge on any atom is 0.261 e. The van der Waals surface area contributed by atoms with Gasteiger partial charge in [0.1, 0.15) is 0 Å². The minimum Gasteiger partial charge on any atom is -1.00 e. The van der Waals surface area contributed by atoms with Crippen LogP contribution in [-0.4, -0.2) is 134 Å². The third-order valence-corrected chi connectivity index (χ3v) is 20.0. The van der Waals surface area contributed by atoms with E-state index in [-0.39, 0.29) is 70.7 Å². The SMILES string of the molecule is CCCCCCCCCCCCCCCC[N+](C)(C)CCCNc1ccc2c3c(cccc13)C(=O)N(CCSSCCN1C(=O)c3cccc4c(NCCC[N+](C)(C)CCCCCCCCCCCCCCCC)ccc(c34)C1=O)C2=O.[Br-].[Br-]. The second kappa shape index (κ2) is 40.4. The number of nitrogens with zero attached hydrogens (tertiary/aromatic N) is 4. The molecular formula is C70H110Br2N6O4S2. The molecule has 2 N–H and O–H groups in total. The molecule has 0 aliphatic carbocycles. The van der Waals surface area contributed by atoms with Crippen molar-refractivity contribution in [2.45, 2.75) is 206 Å². The number of rotatable bonds is 47. The van der Waals surface area contributed by atoms with Crippen LogP contribution in [0.15, 0.2) is 60.7 Å². The van der Waals surface area contributed by atoms with E-state index in [1.807, 2.05) is 60.7 Å². The zero-order chi connectivity index (χ0) is 58.4. The van der Waals surface area contributed by atoms with Crippen LogP contribution in [0.4, 0.5) is 11.4 Å². The molecule has 0 saturated carbocycles. The van der Waals surface area contributed by atoms with E-state index in [1.165, 1.54) is 203 Å². The summed E-state index contributed by atoms with van der Waals surface area (Å²) in [5.41, 5.74) is 4.15. The van der Waals surface area contributed by atoms with Crippen molar-refractivity contribution in [3.8, 4) is 0 Å². The Kier molecular flexibility index (Phi) is 35.3. The van der Waals surface area contributed by atoms with Gasteiger partial charge in [0.25, 0.3) is 23.6 Å². The third-order valence-electron chi connectivity index (χ3n) is 17.6. The summed E-state index contributed by atoms with van der Waals surface area (Å²) in [7, 11) is 12.5. The van der Waals surface area contributed by atoms with Crippen LogP contribution in [-0.2, 0) is 0 Å². The van der Waals surface area contributed by atoms with Crippen molar-refractivity contribution < 1.29 is 62.1 Å². The summed E-state index contributed by atoms with van der Waals surface area (Å²) < 4.78 is 2.03. The van der Waals surface area contributed by atoms with Gasteiger partial charge in [0.2, 0.25) is 0 Å². The Labute approximate surface area is 538 Å². The molecule has 84 heavy (non-hydrogen) atoms. The van der Waals surface area contributed by atoms with Crippen LogP contribution in [0.5, 0.6) is 0 Å². The summed E-state index contributed by atoms with van der Waals surface area (Å²) in [5, 5.41) is 10.6. The topological polar surface area (TPSA) is 98.8 Å². The highest BCUT2D eigenvalue weighted by Crippen LogP contribution is 2.37. The number of anilines is 2. The fourth-order valence-corrected chi connectivity index (χ4v) is 14.4. The number of unbranched alkanes of at least 4 members (excludes halogenated alkanes) is 26. The lowest BCUT2D eigenvalue weighted by Crippen LogP contribution is -3.00.